The van der Waals surface area contributed by atoms with Crippen molar-refractivity contribution in [1.82, 2.24) is 0 Å². The summed E-state index contributed by atoms with van der Waals surface area (Å²) in [5.41, 5.74) is -3.33. The highest BCUT2D eigenvalue weighted by Gasteiger charge is 2.51. The second-order valence-electron chi connectivity index (χ2n) is 9.03. The standard InChI is InChI=1S/C28H29F3O8S/c29-28(30,31)40(33,34)38-19-23-24(35-16-20-10-4-1-5-11-20)25(36-17-21-12-6-2-7-13-21)26(27(32)39-23)37-18-22-14-8-3-9-15-22/h1-15,23-27,32H,16-19H2/t23-,24-,25+,26-,27+/m1/s1. The van der Waals surface area contributed by atoms with Gasteiger partial charge in [-0.15, -0.1) is 0 Å². The first-order chi connectivity index (χ1) is 19.1. The van der Waals surface area contributed by atoms with Crippen molar-refractivity contribution in [1.29, 1.82) is 0 Å². The summed E-state index contributed by atoms with van der Waals surface area (Å²) in [5.74, 6) is 0. The van der Waals surface area contributed by atoms with E-state index in [4.69, 9.17) is 18.9 Å². The maximum atomic E-state index is 13.0. The Morgan fingerprint density at radius 3 is 1.50 bits per heavy atom. The Bertz CT molecular complexity index is 1280. The smallest absolute Gasteiger partial charge is 0.368 e. The highest BCUT2D eigenvalue weighted by molar-refractivity contribution is 7.87. The molecule has 0 radical (unpaired) electrons. The molecule has 1 heterocycles. The number of hydrogen-bond acceptors (Lipinski definition) is 8. The Balaban J connectivity index is 1.61. The average Bonchev–Trinajstić information content (AvgIpc) is 2.95. The Morgan fingerprint density at radius 2 is 1.07 bits per heavy atom. The summed E-state index contributed by atoms with van der Waals surface area (Å²) in [5, 5.41) is 10.9. The van der Waals surface area contributed by atoms with Crippen LogP contribution in [0.4, 0.5) is 13.2 Å². The van der Waals surface area contributed by atoms with Crippen LogP contribution in [0.5, 0.6) is 0 Å². The number of ether oxygens (including phenoxy) is 4. The SMILES string of the molecule is O=S(=O)(OC[C@H]1O[C@H](O)[C@H](OCc2ccccc2)[C@@H](OCc2ccccc2)[C@@H]1OCc1ccccc1)C(F)(F)F. The van der Waals surface area contributed by atoms with Crippen molar-refractivity contribution >= 4 is 10.1 Å². The molecule has 3 aromatic carbocycles. The summed E-state index contributed by atoms with van der Waals surface area (Å²) >= 11 is 0. The molecule has 40 heavy (non-hydrogen) atoms. The second-order valence-corrected chi connectivity index (χ2v) is 10.6. The van der Waals surface area contributed by atoms with Crippen LogP contribution in [-0.4, -0.2) is 56.3 Å². The van der Waals surface area contributed by atoms with Crippen LogP contribution < -0.4 is 0 Å². The molecule has 0 spiro atoms. The van der Waals surface area contributed by atoms with Gasteiger partial charge in [0, 0.05) is 0 Å². The second kappa shape index (κ2) is 13.7. The Hall–Kier alpha value is -2.84. The highest BCUT2D eigenvalue weighted by atomic mass is 32.2. The fourth-order valence-corrected chi connectivity index (χ4v) is 4.57. The van der Waals surface area contributed by atoms with Gasteiger partial charge < -0.3 is 24.1 Å². The molecule has 8 nitrogen and oxygen atoms in total. The zero-order chi connectivity index (χ0) is 28.6. The maximum Gasteiger partial charge on any atom is 0.523 e. The molecule has 216 valence electrons. The predicted molar refractivity (Wildman–Crippen MR) is 137 cm³/mol. The number of aliphatic hydroxyl groups is 1. The van der Waals surface area contributed by atoms with E-state index in [0.29, 0.717) is 0 Å². The lowest BCUT2D eigenvalue weighted by Gasteiger charge is -2.44. The van der Waals surface area contributed by atoms with Crippen LogP contribution in [0.15, 0.2) is 91.0 Å². The third-order valence-electron chi connectivity index (χ3n) is 6.14. The maximum absolute atomic E-state index is 13.0. The molecule has 0 bridgehead atoms. The van der Waals surface area contributed by atoms with Gasteiger partial charge in [-0.2, -0.15) is 21.6 Å². The van der Waals surface area contributed by atoms with Crippen LogP contribution in [0.1, 0.15) is 16.7 Å². The molecule has 12 heteroatoms. The van der Waals surface area contributed by atoms with E-state index in [1.54, 1.807) is 30.3 Å². The van der Waals surface area contributed by atoms with Gasteiger partial charge in [-0.1, -0.05) is 91.0 Å². The number of aliphatic hydroxyl groups excluding tert-OH is 1. The average molecular weight is 583 g/mol. The van der Waals surface area contributed by atoms with Gasteiger partial charge in [-0.05, 0) is 16.7 Å². The van der Waals surface area contributed by atoms with E-state index in [1.807, 2.05) is 60.7 Å². The monoisotopic (exact) mass is 582 g/mol. The molecule has 0 saturated carbocycles. The third kappa shape index (κ3) is 8.10. The quantitative estimate of drug-likeness (QED) is 0.249. The first-order valence-electron chi connectivity index (χ1n) is 12.4. The molecule has 1 fully saturated rings. The summed E-state index contributed by atoms with van der Waals surface area (Å²) in [4.78, 5) is 0. The lowest BCUT2D eigenvalue weighted by molar-refractivity contribution is -0.314. The van der Waals surface area contributed by atoms with Crippen molar-refractivity contribution in [2.75, 3.05) is 6.61 Å². The van der Waals surface area contributed by atoms with Gasteiger partial charge in [0.15, 0.2) is 6.29 Å². The Labute approximate surface area is 230 Å². The molecule has 5 atom stereocenters. The predicted octanol–water partition coefficient (Wildman–Crippen LogP) is 4.33. The minimum Gasteiger partial charge on any atom is -0.368 e. The van der Waals surface area contributed by atoms with Gasteiger partial charge in [-0.25, -0.2) is 0 Å². The summed E-state index contributed by atoms with van der Waals surface area (Å²) < 4.78 is 90.2. The van der Waals surface area contributed by atoms with Gasteiger partial charge in [0.25, 0.3) is 0 Å². The number of rotatable bonds is 12. The van der Waals surface area contributed by atoms with E-state index < -0.39 is 52.9 Å². The van der Waals surface area contributed by atoms with Crippen molar-refractivity contribution in [3.63, 3.8) is 0 Å². The van der Waals surface area contributed by atoms with Crippen LogP contribution in [-0.2, 0) is 53.1 Å². The van der Waals surface area contributed by atoms with E-state index in [2.05, 4.69) is 4.18 Å². The number of hydrogen-bond donors (Lipinski definition) is 1. The Morgan fingerprint density at radius 1 is 0.675 bits per heavy atom. The van der Waals surface area contributed by atoms with Gasteiger partial charge >= 0.3 is 15.6 Å². The highest BCUT2D eigenvalue weighted by Crippen LogP contribution is 2.31. The van der Waals surface area contributed by atoms with E-state index in [-0.39, 0.29) is 19.8 Å². The van der Waals surface area contributed by atoms with Crippen LogP contribution in [0, 0.1) is 0 Å². The summed E-state index contributed by atoms with van der Waals surface area (Å²) in [6, 6.07) is 27.1. The van der Waals surface area contributed by atoms with Gasteiger partial charge in [0.05, 0.1) is 26.4 Å². The number of halogens is 3. The molecule has 0 unspecified atom stereocenters. The summed E-state index contributed by atoms with van der Waals surface area (Å²) in [7, 11) is -5.93. The van der Waals surface area contributed by atoms with Crippen LogP contribution in [0.25, 0.3) is 0 Å². The molecule has 4 rings (SSSR count). The van der Waals surface area contributed by atoms with Crippen LogP contribution >= 0.6 is 0 Å². The molecule has 1 aliphatic heterocycles. The van der Waals surface area contributed by atoms with Gasteiger partial charge in [-0.3, -0.25) is 4.18 Å². The lowest BCUT2D eigenvalue weighted by Crippen LogP contribution is -2.61. The van der Waals surface area contributed by atoms with Crippen molar-refractivity contribution < 1.29 is 49.8 Å². The molecular formula is C28H29F3O8S. The Kier molecular flexibility index (Phi) is 10.3. The minimum absolute atomic E-state index is 0.00984. The van der Waals surface area contributed by atoms with Crippen molar-refractivity contribution in [2.24, 2.45) is 0 Å². The molecule has 3 aromatic rings. The first-order valence-corrected chi connectivity index (χ1v) is 13.8. The van der Waals surface area contributed by atoms with E-state index >= 15 is 0 Å². The van der Waals surface area contributed by atoms with Crippen molar-refractivity contribution in [2.45, 2.75) is 56.0 Å². The van der Waals surface area contributed by atoms with Gasteiger partial charge in [0.2, 0.25) is 0 Å². The first kappa shape index (κ1) is 30.1. The minimum atomic E-state index is -5.93. The molecule has 0 aliphatic carbocycles. The van der Waals surface area contributed by atoms with Crippen LogP contribution in [0.3, 0.4) is 0 Å². The lowest BCUT2D eigenvalue weighted by atomic mass is 9.98. The van der Waals surface area contributed by atoms with Crippen molar-refractivity contribution in [3.8, 4) is 0 Å². The van der Waals surface area contributed by atoms with E-state index in [1.165, 1.54) is 0 Å². The third-order valence-corrected chi connectivity index (χ3v) is 7.15. The normalized spacial score (nSPS) is 23.6. The fourth-order valence-electron chi connectivity index (χ4n) is 4.12. The van der Waals surface area contributed by atoms with E-state index in [9.17, 15) is 26.7 Å². The van der Waals surface area contributed by atoms with E-state index in [0.717, 1.165) is 16.7 Å². The molecule has 1 N–H and O–H groups in total. The summed E-state index contributed by atoms with van der Waals surface area (Å²) in [6.07, 6.45) is -6.55. The molecule has 1 saturated heterocycles. The zero-order valence-electron chi connectivity index (χ0n) is 21.2. The zero-order valence-corrected chi connectivity index (χ0v) is 22.0. The largest absolute Gasteiger partial charge is 0.523 e. The molecule has 0 amide bonds. The fraction of sp³-hybridized carbons (Fsp3) is 0.357. The molecule has 0 aromatic heterocycles. The van der Waals surface area contributed by atoms with Gasteiger partial charge in [0.1, 0.15) is 24.4 Å². The number of alkyl halides is 3. The van der Waals surface area contributed by atoms with Crippen LogP contribution in [0.2, 0.25) is 0 Å². The molecular weight excluding hydrogens is 553 g/mol. The topological polar surface area (TPSA) is 101 Å². The van der Waals surface area contributed by atoms with Crippen molar-refractivity contribution in [3.05, 3.63) is 108 Å². The number of benzene rings is 3. The summed E-state index contributed by atoms with van der Waals surface area (Å²) in [6.45, 7) is -0.978. The molecule has 1 aliphatic rings.